The third kappa shape index (κ3) is 3.34. The summed E-state index contributed by atoms with van der Waals surface area (Å²) in [6, 6.07) is -0.213. The van der Waals surface area contributed by atoms with Gasteiger partial charge in [-0.3, -0.25) is 4.90 Å². The molecule has 106 valence electrons. The first-order chi connectivity index (χ1) is 8.34. The summed E-state index contributed by atoms with van der Waals surface area (Å²) in [6.45, 7) is 6.25. The average molecular weight is 260 g/mol. The van der Waals surface area contributed by atoms with Crippen molar-refractivity contribution in [3.8, 4) is 0 Å². The minimum absolute atomic E-state index is 0.170. The van der Waals surface area contributed by atoms with Crippen LogP contribution in [-0.4, -0.2) is 62.2 Å². The van der Waals surface area contributed by atoms with E-state index in [1.807, 2.05) is 20.8 Å². The number of carbonyl (C=O) groups is 1. The number of ether oxygens (including phenoxy) is 3. The lowest BCUT2D eigenvalue weighted by atomic mass is 10.1. The molecule has 1 aliphatic heterocycles. The quantitative estimate of drug-likeness (QED) is 0.804. The maximum atomic E-state index is 12.1. The third-order valence-electron chi connectivity index (χ3n) is 2.97. The van der Waals surface area contributed by atoms with E-state index < -0.39 is 5.60 Å². The Hall–Kier alpha value is -0.850. The van der Waals surface area contributed by atoms with Gasteiger partial charge in [0, 0.05) is 20.8 Å². The van der Waals surface area contributed by atoms with Crippen molar-refractivity contribution in [1.29, 1.82) is 0 Å². The van der Waals surface area contributed by atoms with Crippen molar-refractivity contribution < 1.29 is 19.0 Å². The predicted molar refractivity (Wildman–Crippen MR) is 67.4 cm³/mol. The SMILES string of the molecule is CO[C@H]1[C@@H](OC)CN(C(=O)OC(C)(C)C)[C@@H]1CN. The van der Waals surface area contributed by atoms with Crippen LogP contribution < -0.4 is 5.73 Å². The number of nitrogens with zero attached hydrogens (tertiary/aromatic N) is 1. The van der Waals surface area contributed by atoms with Crippen LogP contribution in [0.5, 0.6) is 0 Å². The van der Waals surface area contributed by atoms with E-state index in [0.717, 1.165) is 0 Å². The molecule has 0 bridgehead atoms. The summed E-state index contributed by atoms with van der Waals surface area (Å²) in [7, 11) is 3.20. The Morgan fingerprint density at radius 1 is 1.33 bits per heavy atom. The number of rotatable bonds is 3. The van der Waals surface area contributed by atoms with Crippen LogP contribution >= 0.6 is 0 Å². The number of methoxy groups -OCH3 is 2. The molecule has 0 aromatic rings. The van der Waals surface area contributed by atoms with Gasteiger partial charge in [0.2, 0.25) is 0 Å². The molecule has 6 heteroatoms. The molecule has 0 aliphatic carbocycles. The molecule has 0 saturated carbocycles. The Kier molecular flexibility index (Phi) is 4.95. The average Bonchev–Trinajstić information content (AvgIpc) is 2.63. The zero-order chi connectivity index (χ0) is 13.9. The van der Waals surface area contributed by atoms with Gasteiger partial charge in [0.1, 0.15) is 17.8 Å². The van der Waals surface area contributed by atoms with E-state index in [-0.39, 0.29) is 24.3 Å². The maximum absolute atomic E-state index is 12.1. The Labute approximate surface area is 108 Å². The third-order valence-corrected chi connectivity index (χ3v) is 2.97. The Morgan fingerprint density at radius 2 is 1.94 bits per heavy atom. The van der Waals surface area contributed by atoms with Crippen LogP contribution in [0.3, 0.4) is 0 Å². The number of amides is 1. The van der Waals surface area contributed by atoms with E-state index >= 15 is 0 Å². The first-order valence-corrected chi connectivity index (χ1v) is 6.09. The topological polar surface area (TPSA) is 74.0 Å². The molecular weight excluding hydrogens is 236 g/mol. The summed E-state index contributed by atoms with van der Waals surface area (Å²) in [5, 5.41) is 0. The fourth-order valence-corrected chi connectivity index (χ4v) is 2.17. The molecule has 0 aromatic heterocycles. The molecule has 1 rings (SSSR count). The highest BCUT2D eigenvalue weighted by molar-refractivity contribution is 5.69. The molecule has 0 spiro atoms. The Morgan fingerprint density at radius 3 is 2.33 bits per heavy atom. The van der Waals surface area contributed by atoms with E-state index in [4.69, 9.17) is 19.9 Å². The molecule has 6 nitrogen and oxygen atoms in total. The molecule has 1 amide bonds. The van der Waals surface area contributed by atoms with Crippen molar-refractivity contribution in [3.05, 3.63) is 0 Å². The van der Waals surface area contributed by atoms with E-state index in [0.29, 0.717) is 13.1 Å². The second-order valence-corrected chi connectivity index (χ2v) is 5.41. The van der Waals surface area contributed by atoms with E-state index in [1.165, 1.54) is 0 Å². The molecule has 2 N–H and O–H groups in total. The first-order valence-electron chi connectivity index (χ1n) is 6.09. The van der Waals surface area contributed by atoms with Crippen molar-refractivity contribution in [1.82, 2.24) is 4.90 Å². The number of hydrogen-bond donors (Lipinski definition) is 1. The normalized spacial score (nSPS) is 28.6. The van der Waals surface area contributed by atoms with E-state index in [1.54, 1.807) is 19.1 Å². The van der Waals surface area contributed by atoms with Crippen LogP contribution in [0, 0.1) is 0 Å². The van der Waals surface area contributed by atoms with Crippen LogP contribution in [0.4, 0.5) is 4.79 Å². The molecule has 0 radical (unpaired) electrons. The summed E-state index contributed by atoms with van der Waals surface area (Å²) in [6.07, 6.45) is -0.761. The van der Waals surface area contributed by atoms with Gasteiger partial charge in [-0.1, -0.05) is 0 Å². The van der Waals surface area contributed by atoms with Gasteiger partial charge in [-0.15, -0.1) is 0 Å². The van der Waals surface area contributed by atoms with Crippen molar-refractivity contribution in [2.75, 3.05) is 27.3 Å². The van der Waals surface area contributed by atoms with Gasteiger partial charge < -0.3 is 19.9 Å². The zero-order valence-electron chi connectivity index (χ0n) is 11.8. The summed E-state index contributed by atoms with van der Waals surface area (Å²) >= 11 is 0. The molecule has 0 aromatic carbocycles. The fraction of sp³-hybridized carbons (Fsp3) is 0.917. The molecule has 3 atom stereocenters. The lowest BCUT2D eigenvalue weighted by Gasteiger charge is -2.29. The Bertz CT molecular complexity index is 290. The maximum Gasteiger partial charge on any atom is 0.410 e. The van der Waals surface area contributed by atoms with Crippen molar-refractivity contribution >= 4 is 6.09 Å². The van der Waals surface area contributed by atoms with Crippen LogP contribution in [-0.2, 0) is 14.2 Å². The molecule has 1 fully saturated rings. The van der Waals surface area contributed by atoms with Crippen molar-refractivity contribution in [3.63, 3.8) is 0 Å². The highest BCUT2D eigenvalue weighted by atomic mass is 16.6. The van der Waals surface area contributed by atoms with Gasteiger partial charge >= 0.3 is 6.09 Å². The van der Waals surface area contributed by atoms with Gasteiger partial charge in [0.25, 0.3) is 0 Å². The smallest absolute Gasteiger partial charge is 0.410 e. The van der Waals surface area contributed by atoms with Crippen molar-refractivity contribution in [2.24, 2.45) is 5.73 Å². The van der Waals surface area contributed by atoms with Gasteiger partial charge in [-0.2, -0.15) is 0 Å². The zero-order valence-corrected chi connectivity index (χ0v) is 11.8. The molecule has 18 heavy (non-hydrogen) atoms. The Balaban J connectivity index is 2.79. The summed E-state index contributed by atoms with van der Waals surface area (Å²) in [4.78, 5) is 13.7. The molecule has 1 aliphatic rings. The number of likely N-dealkylation sites (tertiary alicyclic amines) is 1. The minimum atomic E-state index is -0.524. The van der Waals surface area contributed by atoms with Crippen LogP contribution in [0.2, 0.25) is 0 Å². The number of carbonyl (C=O) groups excluding carboxylic acids is 1. The highest BCUT2D eigenvalue weighted by Crippen LogP contribution is 2.24. The number of hydrogen-bond acceptors (Lipinski definition) is 5. The predicted octanol–water partition coefficient (Wildman–Crippen LogP) is 0.594. The van der Waals surface area contributed by atoms with Gasteiger partial charge in [-0.25, -0.2) is 4.79 Å². The lowest BCUT2D eigenvalue weighted by molar-refractivity contribution is -0.0191. The summed E-state index contributed by atoms with van der Waals surface area (Å²) in [5.74, 6) is 0. The van der Waals surface area contributed by atoms with Crippen LogP contribution in [0.25, 0.3) is 0 Å². The standard InChI is InChI=1S/C12H24N2O4/c1-12(2,3)18-11(15)14-7-9(16-4)10(17-5)8(14)6-13/h8-10H,6-7,13H2,1-5H3/t8-,9+,10-/m1/s1. The molecular formula is C12H24N2O4. The van der Waals surface area contributed by atoms with Crippen molar-refractivity contribution in [2.45, 2.75) is 44.6 Å². The molecule has 1 saturated heterocycles. The molecule has 0 unspecified atom stereocenters. The summed E-state index contributed by atoms with van der Waals surface area (Å²) in [5.41, 5.74) is 5.20. The second-order valence-electron chi connectivity index (χ2n) is 5.41. The fourth-order valence-electron chi connectivity index (χ4n) is 2.17. The van der Waals surface area contributed by atoms with Gasteiger partial charge in [0.05, 0.1) is 12.6 Å². The van der Waals surface area contributed by atoms with E-state index in [2.05, 4.69) is 0 Å². The second kappa shape index (κ2) is 5.86. The largest absolute Gasteiger partial charge is 0.444 e. The minimum Gasteiger partial charge on any atom is -0.444 e. The monoisotopic (exact) mass is 260 g/mol. The van der Waals surface area contributed by atoms with Gasteiger partial charge in [-0.05, 0) is 20.8 Å². The van der Waals surface area contributed by atoms with E-state index in [9.17, 15) is 4.79 Å². The lowest BCUT2D eigenvalue weighted by Crippen LogP contribution is -2.47. The van der Waals surface area contributed by atoms with Gasteiger partial charge in [0.15, 0.2) is 0 Å². The first kappa shape index (κ1) is 15.2. The van der Waals surface area contributed by atoms with Crippen LogP contribution in [0.15, 0.2) is 0 Å². The number of nitrogens with two attached hydrogens (primary N) is 1. The molecule has 1 heterocycles. The van der Waals surface area contributed by atoms with Crippen LogP contribution in [0.1, 0.15) is 20.8 Å². The summed E-state index contributed by atoms with van der Waals surface area (Å²) < 4.78 is 16.1. The highest BCUT2D eigenvalue weighted by Gasteiger charge is 2.45.